The highest BCUT2D eigenvalue weighted by Crippen LogP contribution is 2.31. The molecule has 0 saturated carbocycles. The summed E-state index contributed by atoms with van der Waals surface area (Å²) in [7, 11) is 0. The average Bonchev–Trinajstić information content (AvgIpc) is 2.90. The molecule has 2 aromatic heterocycles. The zero-order chi connectivity index (χ0) is 15.0. The second-order valence-corrected chi connectivity index (χ2v) is 4.92. The Morgan fingerprint density at radius 2 is 2.05 bits per heavy atom. The van der Waals surface area contributed by atoms with Gasteiger partial charge < -0.3 is 9.47 Å². The number of halogens is 4. The van der Waals surface area contributed by atoms with Crippen molar-refractivity contribution in [2.75, 3.05) is 11.4 Å². The number of nitrogens with zero attached hydrogens (tertiary/aromatic N) is 5. The molecule has 0 aromatic carbocycles. The van der Waals surface area contributed by atoms with Crippen LogP contribution < -0.4 is 4.90 Å². The molecule has 0 bridgehead atoms. The number of anilines is 1. The van der Waals surface area contributed by atoms with Crippen LogP contribution in [0.1, 0.15) is 17.2 Å². The van der Waals surface area contributed by atoms with Gasteiger partial charge in [0.2, 0.25) is 5.82 Å². The van der Waals surface area contributed by atoms with Crippen LogP contribution in [-0.4, -0.2) is 26.3 Å². The van der Waals surface area contributed by atoms with Crippen molar-refractivity contribution in [3.63, 3.8) is 0 Å². The molecule has 0 aliphatic carbocycles. The molecular weight excluding hydrogens is 307 g/mol. The van der Waals surface area contributed by atoms with Crippen molar-refractivity contribution in [1.29, 1.82) is 0 Å². The summed E-state index contributed by atoms with van der Waals surface area (Å²) in [6, 6.07) is 1.79. The van der Waals surface area contributed by atoms with Crippen LogP contribution in [0.2, 0.25) is 0 Å². The molecule has 21 heavy (non-hydrogen) atoms. The van der Waals surface area contributed by atoms with Crippen molar-refractivity contribution >= 4 is 17.3 Å². The molecule has 1 aliphatic rings. The molecule has 0 radical (unpaired) electrons. The van der Waals surface area contributed by atoms with Crippen molar-refractivity contribution in [2.45, 2.75) is 25.1 Å². The van der Waals surface area contributed by atoms with Gasteiger partial charge in [-0.3, -0.25) is 4.98 Å². The average molecular weight is 318 g/mol. The van der Waals surface area contributed by atoms with E-state index < -0.39 is 12.0 Å². The van der Waals surface area contributed by atoms with Crippen LogP contribution >= 0.6 is 11.6 Å². The minimum atomic E-state index is -4.48. The van der Waals surface area contributed by atoms with E-state index in [2.05, 4.69) is 15.2 Å². The molecule has 0 unspecified atom stereocenters. The first-order valence-electron chi connectivity index (χ1n) is 6.24. The number of pyridine rings is 1. The Morgan fingerprint density at radius 3 is 2.76 bits per heavy atom. The molecule has 1 aliphatic heterocycles. The van der Waals surface area contributed by atoms with E-state index in [1.807, 2.05) is 4.90 Å². The zero-order valence-electron chi connectivity index (χ0n) is 10.8. The highest BCUT2D eigenvalue weighted by atomic mass is 35.5. The minimum Gasteiger partial charge on any atom is -0.361 e. The van der Waals surface area contributed by atoms with E-state index >= 15 is 0 Å². The van der Waals surface area contributed by atoms with Crippen molar-refractivity contribution in [3.05, 3.63) is 35.7 Å². The Hall–Kier alpha value is -1.83. The van der Waals surface area contributed by atoms with Crippen molar-refractivity contribution in [1.82, 2.24) is 19.7 Å². The molecule has 9 heteroatoms. The lowest BCUT2D eigenvalue weighted by molar-refractivity contribution is -0.147. The van der Waals surface area contributed by atoms with Gasteiger partial charge in [0.25, 0.3) is 0 Å². The van der Waals surface area contributed by atoms with Crippen molar-refractivity contribution in [3.8, 4) is 0 Å². The fourth-order valence-electron chi connectivity index (χ4n) is 2.39. The van der Waals surface area contributed by atoms with Crippen LogP contribution in [0.15, 0.2) is 18.5 Å². The third-order valence-corrected chi connectivity index (χ3v) is 3.67. The monoisotopic (exact) mass is 317 g/mol. The highest BCUT2D eigenvalue weighted by molar-refractivity contribution is 6.17. The fourth-order valence-corrected chi connectivity index (χ4v) is 2.61. The van der Waals surface area contributed by atoms with Crippen LogP contribution in [-0.2, 0) is 25.1 Å². The Bertz CT molecular complexity index is 655. The summed E-state index contributed by atoms with van der Waals surface area (Å²) in [4.78, 5) is 5.96. The lowest BCUT2D eigenvalue weighted by Gasteiger charge is -2.30. The number of aromatic nitrogens is 4. The highest BCUT2D eigenvalue weighted by Gasteiger charge is 2.39. The summed E-state index contributed by atoms with van der Waals surface area (Å²) in [5.74, 6) is -0.340. The maximum atomic E-state index is 12.8. The molecule has 0 amide bonds. The summed E-state index contributed by atoms with van der Waals surface area (Å²) in [5.41, 5.74) is 1.70. The number of fused-ring (bicyclic) bond motifs is 1. The van der Waals surface area contributed by atoms with E-state index in [4.69, 9.17) is 11.6 Å². The largest absolute Gasteiger partial charge is 0.451 e. The van der Waals surface area contributed by atoms with Gasteiger partial charge in [-0.1, -0.05) is 0 Å². The number of rotatable bonds is 2. The van der Waals surface area contributed by atoms with Crippen LogP contribution in [0.5, 0.6) is 0 Å². The van der Waals surface area contributed by atoms with Gasteiger partial charge in [-0.15, -0.1) is 21.8 Å². The number of hydrogen-bond acceptors (Lipinski definition) is 4. The molecule has 0 fully saturated rings. The van der Waals surface area contributed by atoms with Crippen LogP contribution in [0, 0.1) is 0 Å². The predicted octanol–water partition coefficient (Wildman–Crippen LogP) is 2.45. The van der Waals surface area contributed by atoms with Crippen LogP contribution in [0.3, 0.4) is 0 Å². The second-order valence-electron chi connectivity index (χ2n) is 4.65. The normalized spacial score (nSPS) is 15.1. The lowest BCUT2D eigenvalue weighted by atomic mass is 10.2. The second kappa shape index (κ2) is 5.18. The van der Waals surface area contributed by atoms with Gasteiger partial charge in [-0.2, -0.15) is 13.2 Å². The number of alkyl halides is 4. The van der Waals surface area contributed by atoms with E-state index in [1.54, 1.807) is 18.5 Å². The smallest absolute Gasteiger partial charge is 0.361 e. The number of hydrogen-bond donors (Lipinski definition) is 0. The molecule has 3 rings (SSSR count). The van der Waals surface area contributed by atoms with Crippen molar-refractivity contribution in [2.24, 2.45) is 0 Å². The van der Waals surface area contributed by atoms with Crippen LogP contribution in [0.4, 0.5) is 18.9 Å². The zero-order valence-corrected chi connectivity index (χ0v) is 11.6. The molecule has 0 atom stereocenters. The van der Waals surface area contributed by atoms with Crippen molar-refractivity contribution < 1.29 is 13.2 Å². The SMILES string of the molecule is FC(F)(F)c1nnc2n1CCN(c1cnccc1CCl)C2. The lowest BCUT2D eigenvalue weighted by Crippen LogP contribution is -2.35. The Kier molecular flexibility index (Phi) is 3.48. The first-order chi connectivity index (χ1) is 10.0. The fraction of sp³-hybridized carbons (Fsp3) is 0.417. The Morgan fingerprint density at radius 1 is 1.24 bits per heavy atom. The molecule has 0 saturated heterocycles. The van der Waals surface area contributed by atoms with Gasteiger partial charge in [-0.25, -0.2) is 0 Å². The van der Waals surface area contributed by atoms with E-state index in [9.17, 15) is 13.2 Å². The van der Waals surface area contributed by atoms with Gasteiger partial charge in [0.15, 0.2) is 5.82 Å². The van der Waals surface area contributed by atoms with E-state index in [0.29, 0.717) is 12.4 Å². The van der Waals surface area contributed by atoms with Gasteiger partial charge >= 0.3 is 6.18 Å². The van der Waals surface area contributed by atoms with E-state index in [-0.39, 0.29) is 18.9 Å². The predicted molar refractivity (Wildman–Crippen MR) is 69.9 cm³/mol. The molecule has 5 nitrogen and oxygen atoms in total. The summed E-state index contributed by atoms with van der Waals surface area (Å²) < 4.78 is 39.5. The quantitative estimate of drug-likeness (QED) is 0.798. The first kappa shape index (κ1) is 14.1. The first-order valence-corrected chi connectivity index (χ1v) is 6.77. The van der Waals surface area contributed by atoms with Gasteiger partial charge in [-0.05, 0) is 11.6 Å². The Balaban J connectivity index is 1.90. The maximum Gasteiger partial charge on any atom is 0.451 e. The molecule has 0 N–H and O–H groups in total. The standard InChI is InChI=1S/C12H11ClF3N5/c13-5-8-1-2-17-6-9(8)20-3-4-21-10(7-20)18-19-11(21)12(14,15)16/h1-2,6H,3-5,7H2. The minimum absolute atomic E-state index is 0.174. The summed E-state index contributed by atoms with van der Waals surface area (Å²) >= 11 is 5.88. The third-order valence-electron chi connectivity index (χ3n) is 3.38. The van der Waals surface area contributed by atoms with Crippen LogP contribution in [0.25, 0.3) is 0 Å². The van der Waals surface area contributed by atoms with E-state index in [0.717, 1.165) is 15.8 Å². The third kappa shape index (κ3) is 2.55. The Labute approximate surface area is 123 Å². The maximum absolute atomic E-state index is 12.8. The summed E-state index contributed by atoms with van der Waals surface area (Å²) in [6.07, 6.45) is -1.19. The molecule has 2 aromatic rings. The molecule has 0 spiro atoms. The molecule has 3 heterocycles. The summed E-state index contributed by atoms with van der Waals surface area (Å²) in [6.45, 7) is 0.843. The topological polar surface area (TPSA) is 46.8 Å². The van der Waals surface area contributed by atoms with E-state index in [1.165, 1.54) is 0 Å². The van der Waals surface area contributed by atoms with Gasteiger partial charge in [0.1, 0.15) is 0 Å². The molecular formula is C12H11ClF3N5. The van der Waals surface area contributed by atoms with Gasteiger partial charge in [0.05, 0.1) is 18.4 Å². The molecule has 112 valence electrons. The van der Waals surface area contributed by atoms with Gasteiger partial charge in [0, 0.05) is 25.2 Å². The summed E-state index contributed by atoms with van der Waals surface area (Å²) in [5, 5.41) is 6.91.